The van der Waals surface area contributed by atoms with E-state index in [-0.39, 0.29) is 11.9 Å². The van der Waals surface area contributed by atoms with Gasteiger partial charge in [-0.25, -0.2) is 15.0 Å². The number of anilines is 5. The van der Waals surface area contributed by atoms with Crippen LogP contribution in [0.3, 0.4) is 0 Å². The molecule has 0 unspecified atom stereocenters. The number of ether oxygens (including phenoxy) is 2. The predicted molar refractivity (Wildman–Crippen MR) is 189 cm³/mol. The summed E-state index contributed by atoms with van der Waals surface area (Å²) in [6.45, 7) is 8.33. The Morgan fingerprint density at radius 3 is 2.48 bits per heavy atom. The van der Waals surface area contributed by atoms with E-state index in [1.807, 2.05) is 41.5 Å². The first-order chi connectivity index (χ1) is 23.4. The quantitative estimate of drug-likeness (QED) is 0.265. The van der Waals surface area contributed by atoms with Crippen molar-refractivity contribution >= 4 is 34.6 Å². The number of benzene rings is 2. The van der Waals surface area contributed by atoms with E-state index in [0.717, 1.165) is 62.4 Å². The molecule has 2 aromatic carbocycles. The minimum Gasteiger partial charge on any atom is -0.497 e. The van der Waals surface area contributed by atoms with Gasteiger partial charge >= 0.3 is 0 Å². The van der Waals surface area contributed by atoms with Crippen molar-refractivity contribution in [3.05, 3.63) is 67.0 Å². The molecule has 1 aromatic heterocycles. The molecule has 48 heavy (non-hydrogen) atoms. The Balaban J connectivity index is 1.20. The number of nitrogens with one attached hydrogen (secondary N) is 2. The Hall–Kier alpha value is -4.39. The van der Waals surface area contributed by atoms with Crippen LogP contribution in [0, 0.1) is 0 Å². The van der Waals surface area contributed by atoms with Crippen molar-refractivity contribution in [2.75, 3.05) is 81.7 Å². The van der Waals surface area contributed by atoms with Crippen molar-refractivity contribution in [3.63, 3.8) is 0 Å². The van der Waals surface area contributed by atoms with Gasteiger partial charge in [-0.15, -0.1) is 0 Å². The minimum atomic E-state index is -0.273. The fourth-order valence-corrected chi connectivity index (χ4v) is 7.14. The predicted octanol–water partition coefficient (Wildman–Crippen LogP) is 5.24. The van der Waals surface area contributed by atoms with Crippen molar-refractivity contribution < 1.29 is 19.1 Å². The molecule has 1 atom stereocenters. The summed E-state index contributed by atoms with van der Waals surface area (Å²) in [5.41, 5.74) is 3.35. The molecule has 256 valence electrons. The van der Waals surface area contributed by atoms with Gasteiger partial charge in [-0.05, 0) is 82.7 Å². The van der Waals surface area contributed by atoms with Crippen LogP contribution < -0.4 is 30.1 Å². The molecule has 3 fully saturated rings. The maximum Gasteiger partial charge on any atom is 0.247 e. The van der Waals surface area contributed by atoms with Gasteiger partial charge in [0.05, 0.1) is 43.9 Å². The van der Waals surface area contributed by atoms with Gasteiger partial charge in [0.1, 0.15) is 23.6 Å². The number of aromatic nitrogens is 2. The van der Waals surface area contributed by atoms with Crippen LogP contribution in [0.15, 0.2) is 61.4 Å². The largest absolute Gasteiger partial charge is 0.497 e. The van der Waals surface area contributed by atoms with Crippen molar-refractivity contribution in [2.24, 2.45) is 0 Å². The molecule has 2 N–H and O–H groups in total. The summed E-state index contributed by atoms with van der Waals surface area (Å²) in [6, 6.07) is 15.0. The molecule has 3 saturated heterocycles. The highest BCUT2D eigenvalue weighted by Gasteiger charge is 2.31. The Morgan fingerprint density at radius 2 is 1.77 bits per heavy atom. The zero-order valence-corrected chi connectivity index (χ0v) is 28.5. The van der Waals surface area contributed by atoms with Crippen molar-refractivity contribution in [3.8, 4) is 11.5 Å². The third-order valence-corrected chi connectivity index (χ3v) is 9.84. The number of amides is 1. The lowest BCUT2D eigenvalue weighted by molar-refractivity contribution is -0.111. The van der Waals surface area contributed by atoms with Gasteiger partial charge in [0.2, 0.25) is 5.91 Å². The summed E-state index contributed by atoms with van der Waals surface area (Å²) < 4.78 is 11.3. The molecular formula is C36H48N8O4. The first-order valence-corrected chi connectivity index (χ1v) is 16.8. The summed E-state index contributed by atoms with van der Waals surface area (Å²) in [5.74, 6) is 2.35. The maximum absolute atomic E-state index is 12.6. The van der Waals surface area contributed by atoms with Gasteiger partial charge < -0.3 is 34.8 Å². The van der Waals surface area contributed by atoms with Crippen LogP contribution in [-0.2, 0) is 9.63 Å². The van der Waals surface area contributed by atoms with Crippen LogP contribution in [0.4, 0.5) is 28.7 Å². The van der Waals surface area contributed by atoms with Crippen molar-refractivity contribution in [1.82, 2.24) is 19.8 Å². The average Bonchev–Trinajstić information content (AvgIpc) is 3.62. The molecule has 0 saturated carbocycles. The molecular weight excluding hydrogens is 608 g/mol. The minimum absolute atomic E-state index is 0.0218. The molecule has 12 nitrogen and oxygen atoms in total. The van der Waals surface area contributed by atoms with Crippen LogP contribution in [0.5, 0.6) is 11.5 Å². The summed E-state index contributed by atoms with van der Waals surface area (Å²) in [6.07, 6.45) is 8.20. The van der Waals surface area contributed by atoms with Crippen LogP contribution in [0.2, 0.25) is 0 Å². The molecule has 0 radical (unpaired) electrons. The number of methoxy groups -OCH3 is 2. The summed E-state index contributed by atoms with van der Waals surface area (Å²) in [4.78, 5) is 35.0. The number of likely N-dealkylation sites (tertiary alicyclic amines) is 1. The first kappa shape index (κ1) is 33.5. The number of hydrogen-bond donors (Lipinski definition) is 2. The SMILES string of the molecule is C=CC(=O)Nc1cc(Nc2cc(N3OCC[C@@H]3c3cccc(OC)c3)ncn2)c(OC)cc1N1CCC(N2CCC(N(C)C)CC2)CC1. The third-order valence-electron chi connectivity index (χ3n) is 9.84. The van der Waals surface area contributed by atoms with E-state index in [2.05, 4.69) is 62.0 Å². The van der Waals surface area contributed by atoms with Crippen LogP contribution in [-0.4, -0.2) is 98.9 Å². The molecule has 4 heterocycles. The smallest absolute Gasteiger partial charge is 0.247 e. The Kier molecular flexibility index (Phi) is 10.6. The normalized spacial score (nSPS) is 19.4. The van der Waals surface area contributed by atoms with Crippen molar-refractivity contribution in [1.29, 1.82) is 0 Å². The van der Waals surface area contributed by atoms with Crippen LogP contribution >= 0.6 is 0 Å². The van der Waals surface area contributed by atoms with E-state index in [1.165, 1.54) is 25.2 Å². The number of carbonyl (C=O) groups excluding carboxylic acids is 1. The highest BCUT2D eigenvalue weighted by molar-refractivity contribution is 6.02. The topological polar surface area (TPSA) is 108 Å². The number of carbonyl (C=O) groups is 1. The monoisotopic (exact) mass is 656 g/mol. The summed E-state index contributed by atoms with van der Waals surface area (Å²) >= 11 is 0. The van der Waals surface area contributed by atoms with E-state index in [1.54, 1.807) is 14.2 Å². The van der Waals surface area contributed by atoms with E-state index in [4.69, 9.17) is 14.3 Å². The number of hydrogen-bond acceptors (Lipinski definition) is 11. The molecule has 3 aliphatic heterocycles. The van der Waals surface area contributed by atoms with Crippen molar-refractivity contribution in [2.45, 2.75) is 50.2 Å². The molecule has 3 aliphatic rings. The fourth-order valence-electron chi connectivity index (χ4n) is 7.14. The third kappa shape index (κ3) is 7.51. The Morgan fingerprint density at radius 1 is 0.979 bits per heavy atom. The Bertz CT molecular complexity index is 1570. The van der Waals surface area contributed by atoms with E-state index in [0.29, 0.717) is 47.5 Å². The lowest BCUT2D eigenvalue weighted by Crippen LogP contribution is -2.50. The summed E-state index contributed by atoms with van der Waals surface area (Å²) in [7, 11) is 7.69. The maximum atomic E-state index is 12.6. The molecule has 3 aromatic rings. The molecule has 12 heteroatoms. The molecule has 0 spiro atoms. The molecule has 1 amide bonds. The number of nitrogens with zero attached hydrogens (tertiary/aromatic N) is 6. The Labute approximate surface area is 283 Å². The second kappa shape index (κ2) is 15.2. The number of hydroxylamine groups is 1. The van der Waals surface area contributed by atoms with Crippen LogP contribution in [0.1, 0.15) is 43.7 Å². The highest BCUT2D eigenvalue weighted by atomic mass is 16.7. The highest BCUT2D eigenvalue weighted by Crippen LogP contribution is 2.41. The second-order valence-electron chi connectivity index (χ2n) is 12.8. The lowest BCUT2D eigenvalue weighted by atomic mass is 9.97. The van der Waals surface area contributed by atoms with Gasteiger partial charge in [-0.2, -0.15) is 0 Å². The standard InChI is InChI=1S/C36H48N8O4/c1-6-36(45)40-29-21-30(33(47-5)22-32(29)43-17-12-27(13-18-43)42-15-10-26(11-16-42)41(2)3)39-34-23-35(38-24-37-34)44-31(14-19-48-44)25-8-7-9-28(20-25)46-4/h6-9,20-24,26-27,31H,1,10-19H2,2-5H3,(H,40,45)(H,37,38,39)/t31-/m1/s1. The van der Waals surface area contributed by atoms with Gasteiger partial charge in [0.15, 0.2) is 5.82 Å². The lowest BCUT2D eigenvalue weighted by Gasteiger charge is -2.43. The molecule has 0 bridgehead atoms. The molecule has 6 rings (SSSR count). The van der Waals surface area contributed by atoms with Gasteiger partial charge in [0.25, 0.3) is 0 Å². The van der Waals surface area contributed by atoms with E-state index < -0.39 is 0 Å². The zero-order chi connectivity index (χ0) is 33.6. The second-order valence-corrected chi connectivity index (χ2v) is 12.8. The fraction of sp³-hybridized carbons (Fsp3) is 0.472. The average molecular weight is 657 g/mol. The zero-order valence-electron chi connectivity index (χ0n) is 28.5. The van der Waals surface area contributed by atoms with E-state index >= 15 is 0 Å². The molecule has 0 aliphatic carbocycles. The number of rotatable bonds is 11. The summed E-state index contributed by atoms with van der Waals surface area (Å²) in [5, 5.41) is 8.26. The van der Waals surface area contributed by atoms with Gasteiger partial charge in [-0.3, -0.25) is 9.63 Å². The number of piperidine rings is 2. The van der Waals surface area contributed by atoms with Gasteiger partial charge in [0, 0.05) is 43.7 Å². The van der Waals surface area contributed by atoms with E-state index in [9.17, 15) is 4.79 Å². The van der Waals surface area contributed by atoms with Crippen LogP contribution in [0.25, 0.3) is 0 Å². The first-order valence-electron chi connectivity index (χ1n) is 16.8. The van der Waals surface area contributed by atoms with Gasteiger partial charge in [-0.1, -0.05) is 18.7 Å².